The van der Waals surface area contributed by atoms with E-state index >= 15 is 8.78 Å². The Labute approximate surface area is 422 Å². The first-order valence-electron chi connectivity index (χ1n) is 24.0. The Morgan fingerprint density at radius 2 is 0.973 bits per heavy atom. The Bertz CT molecular complexity index is 3420. The van der Waals surface area contributed by atoms with Crippen LogP contribution in [0.1, 0.15) is 92.1 Å². The standard InChI is InChI=1S/2C27H24FN7O2/c2*1-37-24-6-5-21(18-8-10-29-11-9-18)22(26(24)28)12-30-27(36)23-16-35(33-32-23)15-20-14-34-13-19(17-2-3-17)4-7-25(34)31-20/h2*4-11,13-14,16-17H,2-3,12,15H2,1H3,(H,30,36). The highest BCUT2D eigenvalue weighted by molar-refractivity contribution is 5.92. The zero-order valence-corrected chi connectivity index (χ0v) is 40.3. The SMILES string of the molecule is COc1ccc(-c2ccncc2)c(CNC(=O)c2cn(Cc3cn4cc(C5CC5)ccc4n3)nn2)c1F.COc1ccc(-c2ccncc2)c(CNC(=O)c2cn(Cc3cn4cc(C5CC5)ccc4n3)nn2)c1F. The summed E-state index contributed by atoms with van der Waals surface area (Å²) in [7, 11) is 2.81. The number of aromatic nitrogens is 12. The predicted octanol–water partition coefficient (Wildman–Crippen LogP) is 7.98. The van der Waals surface area contributed by atoms with Gasteiger partial charge in [-0.2, -0.15) is 0 Å². The van der Waals surface area contributed by atoms with Gasteiger partial charge in [0.2, 0.25) is 0 Å². The number of hydrogen-bond donors (Lipinski definition) is 2. The van der Waals surface area contributed by atoms with Crippen molar-refractivity contribution in [2.24, 2.45) is 0 Å². The average Bonchev–Trinajstić information content (AvgIpc) is 4.27. The van der Waals surface area contributed by atoms with E-state index in [0.29, 0.717) is 47.2 Å². The van der Waals surface area contributed by atoms with Gasteiger partial charge in [0.1, 0.15) is 11.3 Å². The second-order valence-electron chi connectivity index (χ2n) is 18.1. The van der Waals surface area contributed by atoms with Crippen LogP contribution in [-0.4, -0.2) is 84.8 Å². The van der Waals surface area contributed by atoms with E-state index in [1.165, 1.54) is 51.0 Å². The smallest absolute Gasteiger partial charge is 0.273 e. The van der Waals surface area contributed by atoms with Crippen LogP contribution in [-0.2, 0) is 26.2 Å². The minimum atomic E-state index is -0.530. The number of rotatable bonds is 16. The van der Waals surface area contributed by atoms with E-state index in [1.807, 2.05) is 33.3 Å². The normalized spacial score (nSPS) is 13.1. The maximum Gasteiger partial charge on any atom is 0.273 e. The van der Waals surface area contributed by atoms with Crippen molar-refractivity contribution in [3.63, 3.8) is 0 Å². The zero-order valence-electron chi connectivity index (χ0n) is 40.3. The van der Waals surface area contributed by atoms with Crippen molar-refractivity contribution in [1.29, 1.82) is 0 Å². The number of fused-ring (bicyclic) bond motifs is 2. The molecule has 2 aromatic carbocycles. The molecule has 12 rings (SSSR count). The van der Waals surface area contributed by atoms with E-state index in [9.17, 15) is 9.59 Å². The number of pyridine rings is 4. The summed E-state index contributed by atoms with van der Waals surface area (Å²) in [6.45, 7) is 0.638. The van der Waals surface area contributed by atoms with E-state index < -0.39 is 23.4 Å². The van der Waals surface area contributed by atoms with Gasteiger partial charge in [-0.25, -0.2) is 28.1 Å². The zero-order chi connectivity index (χ0) is 50.7. The number of hydrogen-bond acceptors (Lipinski definition) is 12. The van der Waals surface area contributed by atoms with Crippen molar-refractivity contribution in [2.75, 3.05) is 14.2 Å². The van der Waals surface area contributed by atoms with Crippen LogP contribution in [0.5, 0.6) is 11.5 Å². The molecule has 0 atom stereocenters. The maximum absolute atomic E-state index is 15.1. The number of amides is 2. The lowest BCUT2D eigenvalue weighted by Crippen LogP contribution is -2.24. The van der Waals surface area contributed by atoms with Crippen molar-refractivity contribution in [2.45, 2.75) is 63.7 Å². The summed E-state index contributed by atoms with van der Waals surface area (Å²) in [6, 6.07) is 22.1. The number of carbonyl (C=O) groups excluding carboxylic acids is 2. The highest BCUT2D eigenvalue weighted by Crippen LogP contribution is 2.41. The van der Waals surface area contributed by atoms with Crippen LogP contribution in [0.4, 0.5) is 8.78 Å². The minimum Gasteiger partial charge on any atom is -0.494 e. The van der Waals surface area contributed by atoms with Gasteiger partial charge in [-0.1, -0.05) is 34.7 Å². The van der Waals surface area contributed by atoms with Crippen LogP contribution in [0.3, 0.4) is 0 Å². The number of nitrogens with zero attached hydrogens (tertiary/aromatic N) is 12. The van der Waals surface area contributed by atoms with E-state index in [-0.39, 0.29) is 36.0 Å². The fourth-order valence-electron chi connectivity index (χ4n) is 8.87. The van der Waals surface area contributed by atoms with E-state index in [1.54, 1.807) is 95.1 Å². The van der Waals surface area contributed by atoms with E-state index in [2.05, 4.69) is 75.7 Å². The van der Waals surface area contributed by atoms with Crippen molar-refractivity contribution >= 4 is 23.1 Å². The molecular formula is C54H48F2N14O4. The largest absolute Gasteiger partial charge is 0.494 e. The van der Waals surface area contributed by atoms with Crippen molar-refractivity contribution in [3.05, 3.63) is 191 Å². The molecule has 8 heterocycles. The molecule has 0 saturated heterocycles. The van der Waals surface area contributed by atoms with Crippen LogP contribution < -0.4 is 20.1 Å². The number of halogens is 2. The summed E-state index contributed by atoms with van der Waals surface area (Å²) in [5.41, 5.74) is 9.73. The quantitative estimate of drug-likeness (QED) is 0.0948. The van der Waals surface area contributed by atoms with Crippen LogP contribution in [0.15, 0.2) is 135 Å². The summed E-state index contributed by atoms with van der Waals surface area (Å²) >= 11 is 0. The lowest BCUT2D eigenvalue weighted by Gasteiger charge is -2.14. The second-order valence-corrected chi connectivity index (χ2v) is 18.1. The van der Waals surface area contributed by atoms with Crippen molar-refractivity contribution in [1.82, 2.24) is 69.4 Å². The Balaban J connectivity index is 0.000000159. The summed E-state index contributed by atoms with van der Waals surface area (Å²) in [4.78, 5) is 43.0. The van der Waals surface area contributed by atoms with Gasteiger partial charge in [-0.15, -0.1) is 10.2 Å². The summed E-state index contributed by atoms with van der Waals surface area (Å²) in [5.74, 6) is -0.448. The van der Waals surface area contributed by atoms with Gasteiger partial charge in [-0.05, 0) is 119 Å². The number of imidazole rings is 2. The first-order valence-corrected chi connectivity index (χ1v) is 24.0. The van der Waals surface area contributed by atoms with Gasteiger partial charge in [0.15, 0.2) is 34.5 Å². The molecule has 2 aliphatic rings. The molecule has 2 amide bonds. The van der Waals surface area contributed by atoms with E-state index in [0.717, 1.165) is 33.8 Å². The molecule has 74 heavy (non-hydrogen) atoms. The summed E-state index contributed by atoms with van der Waals surface area (Å²) in [6.07, 6.45) is 22.8. The average molecular weight is 995 g/mol. The molecule has 18 nitrogen and oxygen atoms in total. The van der Waals surface area contributed by atoms with Crippen molar-refractivity contribution in [3.8, 4) is 33.8 Å². The lowest BCUT2D eigenvalue weighted by atomic mass is 9.99. The number of benzene rings is 2. The highest BCUT2D eigenvalue weighted by Gasteiger charge is 2.26. The Hall–Kier alpha value is -9.20. The second kappa shape index (κ2) is 20.5. The molecule has 2 aliphatic carbocycles. The number of ether oxygens (including phenoxy) is 2. The van der Waals surface area contributed by atoms with Gasteiger partial charge < -0.3 is 28.9 Å². The third kappa shape index (κ3) is 10.3. The first-order chi connectivity index (χ1) is 36.2. The molecule has 372 valence electrons. The van der Waals surface area contributed by atoms with Gasteiger partial charge in [0.05, 0.1) is 51.1 Å². The predicted molar refractivity (Wildman–Crippen MR) is 267 cm³/mol. The Morgan fingerprint density at radius 3 is 1.36 bits per heavy atom. The van der Waals surface area contributed by atoms with Gasteiger partial charge in [-0.3, -0.25) is 19.6 Å². The summed E-state index contributed by atoms with van der Waals surface area (Å²) < 4.78 is 47.7. The molecule has 10 aromatic rings. The lowest BCUT2D eigenvalue weighted by molar-refractivity contribution is 0.0937. The minimum absolute atomic E-state index is 0.0534. The van der Waals surface area contributed by atoms with Crippen LogP contribution in [0.25, 0.3) is 33.5 Å². The molecule has 2 N–H and O–H groups in total. The summed E-state index contributed by atoms with van der Waals surface area (Å²) in [5, 5.41) is 21.7. The molecule has 0 bridgehead atoms. The van der Waals surface area contributed by atoms with Crippen LogP contribution >= 0.6 is 0 Å². The molecule has 0 spiro atoms. The van der Waals surface area contributed by atoms with Crippen molar-refractivity contribution < 1.29 is 27.8 Å². The Morgan fingerprint density at radius 1 is 0.554 bits per heavy atom. The van der Waals surface area contributed by atoms with Crippen LogP contribution in [0, 0.1) is 11.6 Å². The molecule has 2 fully saturated rings. The van der Waals surface area contributed by atoms with E-state index in [4.69, 9.17) is 9.47 Å². The third-order valence-corrected chi connectivity index (χ3v) is 13.0. The molecule has 0 aliphatic heterocycles. The number of methoxy groups -OCH3 is 2. The molecule has 0 radical (unpaired) electrons. The van der Waals surface area contributed by atoms with Crippen LogP contribution in [0.2, 0.25) is 0 Å². The number of carbonyl (C=O) groups is 2. The fourth-order valence-corrected chi connectivity index (χ4v) is 8.87. The molecule has 2 saturated carbocycles. The Kier molecular flexibility index (Phi) is 13.1. The molecule has 0 unspecified atom stereocenters. The topological polar surface area (TPSA) is 198 Å². The molecule has 8 aromatic heterocycles. The first kappa shape index (κ1) is 47.1. The maximum atomic E-state index is 15.1. The number of nitrogens with one attached hydrogen (secondary N) is 2. The monoisotopic (exact) mass is 994 g/mol. The highest BCUT2D eigenvalue weighted by atomic mass is 19.1. The van der Waals surface area contributed by atoms with Gasteiger partial charge in [0.25, 0.3) is 11.8 Å². The molecular weight excluding hydrogens is 947 g/mol. The fraction of sp³-hybridized carbons (Fsp3) is 0.222. The molecule has 20 heteroatoms. The van der Waals surface area contributed by atoms with Gasteiger partial charge >= 0.3 is 0 Å². The third-order valence-electron chi connectivity index (χ3n) is 13.0. The van der Waals surface area contributed by atoms with Gasteiger partial charge in [0, 0.05) is 73.8 Å².